The average Bonchev–Trinajstić information content (AvgIpc) is 2.98. The topological polar surface area (TPSA) is 87.3 Å². The lowest BCUT2D eigenvalue weighted by molar-refractivity contribution is -0.120. The standard InChI is InChI=1S/C18H29N3O3S.ClH/c1-13-10-14(2)18(15(3)11-13)25(23,24)21-9-6-17(22)20-8-5-16-4-7-19-12-16;/h10-11,16,19,21H,4-9,12H2,1-3H3,(H,20,22);1H. The number of amides is 1. The molecular formula is C18H30ClN3O3S. The van der Waals surface area contributed by atoms with E-state index in [-0.39, 0.29) is 31.3 Å². The predicted octanol–water partition coefficient (Wildman–Crippen LogP) is 1.82. The second kappa shape index (κ2) is 10.3. The largest absolute Gasteiger partial charge is 0.356 e. The summed E-state index contributed by atoms with van der Waals surface area (Å²) in [6.07, 6.45) is 2.27. The van der Waals surface area contributed by atoms with Crippen LogP contribution in [0.4, 0.5) is 0 Å². The second-order valence-corrected chi connectivity index (χ2v) is 8.58. The third-order valence-electron chi connectivity index (χ3n) is 4.55. The van der Waals surface area contributed by atoms with Crippen molar-refractivity contribution in [3.8, 4) is 0 Å². The Morgan fingerprint density at radius 2 is 1.85 bits per heavy atom. The van der Waals surface area contributed by atoms with Crippen LogP contribution in [0.15, 0.2) is 17.0 Å². The van der Waals surface area contributed by atoms with E-state index in [1.165, 1.54) is 0 Å². The second-order valence-electron chi connectivity index (χ2n) is 6.87. The van der Waals surface area contributed by atoms with Gasteiger partial charge >= 0.3 is 0 Å². The highest BCUT2D eigenvalue weighted by molar-refractivity contribution is 7.89. The molecule has 0 radical (unpaired) electrons. The molecule has 26 heavy (non-hydrogen) atoms. The summed E-state index contributed by atoms with van der Waals surface area (Å²) in [7, 11) is -3.61. The molecule has 1 aromatic carbocycles. The van der Waals surface area contributed by atoms with Gasteiger partial charge in [-0.15, -0.1) is 12.4 Å². The number of benzene rings is 1. The fourth-order valence-corrected chi connectivity index (χ4v) is 4.91. The van der Waals surface area contributed by atoms with Crippen LogP contribution in [0.1, 0.15) is 36.0 Å². The molecule has 0 saturated carbocycles. The summed E-state index contributed by atoms with van der Waals surface area (Å²) in [4.78, 5) is 12.2. The molecule has 148 valence electrons. The minimum Gasteiger partial charge on any atom is -0.356 e. The van der Waals surface area contributed by atoms with E-state index >= 15 is 0 Å². The molecule has 1 aliphatic rings. The van der Waals surface area contributed by atoms with Gasteiger partial charge in [0.2, 0.25) is 15.9 Å². The smallest absolute Gasteiger partial charge is 0.241 e. The van der Waals surface area contributed by atoms with E-state index < -0.39 is 10.0 Å². The van der Waals surface area contributed by atoms with Gasteiger partial charge < -0.3 is 10.6 Å². The molecule has 8 heteroatoms. The van der Waals surface area contributed by atoms with Crippen LogP contribution < -0.4 is 15.4 Å². The zero-order valence-corrected chi connectivity index (χ0v) is 17.4. The van der Waals surface area contributed by atoms with Crippen molar-refractivity contribution in [3.63, 3.8) is 0 Å². The molecule has 1 unspecified atom stereocenters. The molecule has 1 heterocycles. The molecule has 2 rings (SSSR count). The number of hydrogen-bond acceptors (Lipinski definition) is 4. The first-order chi connectivity index (χ1) is 11.8. The van der Waals surface area contributed by atoms with Crippen molar-refractivity contribution < 1.29 is 13.2 Å². The number of carbonyl (C=O) groups excluding carboxylic acids is 1. The van der Waals surface area contributed by atoms with Crippen molar-refractivity contribution >= 4 is 28.3 Å². The van der Waals surface area contributed by atoms with Crippen LogP contribution in [0.5, 0.6) is 0 Å². The molecule has 0 bridgehead atoms. The highest BCUT2D eigenvalue weighted by Gasteiger charge is 2.20. The summed E-state index contributed by atoms with van der Waals surface area (Å²) in [5.41, 5.74) is 2.48. The van der Waals surface area contributed by atoms with Gasteiger partial charge in [-0.25, -0.2) is 13.1 Å². The summed E-state index contributed by atoms with van der Waals surface area (Å²) < 4.78 is 27.5. The van der Waals surface area contributed by atoms with Crippen molar-refractivity contribution in [2.45, 2.75) is 44.9 Å². The van der Waals surface area contributed by atoms with Crippen LogP contribution in [0.3, 0.4) is 0 Å². The summed E-state index contributed by atoms with van der Waals surface area (Å²) in [6.45, 7) is 8.34. The number of hydrogen-bond donors (Lipinski definition) is 3. The molecule has 1 atom stereocenters. The van der Waals surface area contributed by atoms with E-state index in [4.69, 9.17) is 0 Å². The van der Waals surface area contributed by atoms with Gasteiger partial charge in [-0.2, -0.15) is 0 Å². The van der Waals surface area contributed by atoms with Gasteiger partial charge in [-0.3, -0.25) is 4.79 Å². The van der Waals surface area contributed by atoms with Gasteiger partial charge in [0.1, 0.15) is 0 Å². The number of rotatable bonds is 8. The molecule has 0 aromatic heterocycles. The van der Waals surface area contributed by atoms with E-state index in [9.17, 15) is 13.2 Å². The Morgan fingerprint density at radius 3 is 2.42 bits per heavy atom. The number of halogens is 1. The third-order valence-corrected chi connectivity index (χ3v) is 6.32. The maximum atomic E-state index is 12.5. The highest BCUT2D eigenvalue weighted by Crippen LogP contribution is 2.21. The molecule has 0 aliphatic carbocycles. The van der Waals surface area contributed by atoms with Crippen LogP contribution in [0.2, 0.25) is 0 Å². The maximum absolute atomic E-state index is 12.5. The van der Waals surface area contributed by atoms with Crippen LogP contribution in [0, 0.1) is 26.7 Å². The Labute approximate surface area is 163 Å². The zero-order valence-electron chi connectivity index (χ0n) is 15.7. The first-order valence-electron chi connectivity index (χ1n) is 8.84. The normalized spacial score (nSPS) is 17.0. The fraction of sp³-hybridized carbons (Fsp3) is 0.611. The quantitative estimate of drug-likeness (QED) is 0.617. The molecule has 0 spiro atoms. The SMILES string of the molecule is Cc1cc(C)c(S(=O)(=O)NCCC(=O)NCCC2CCNC2)c(C)c1.Cl. The van der Waals surface area contributed by atoms with Crippen molar-refractivity contribution in [2.24, 2.45) is 5.92 Å². The lowest BCUT2D eigenvalue weighted by Gasteiger charge is -2.13. The first kappa shape index (κ1) is 22.9. The number of aryl methyl sites for hydroxylation is 3. The minimum atomic E-state index is -3.61. The first-order valence-corrected chi connectivity index (χ1v) is 10.3. The van der Waals surface area contributed by atoms with Gasteiger partial charge in [-0.1, -0.05) is 17.7 Å². The van der Waals surface area contributed by atoms with E-state index in [2.05, 4.69) is 15.4 Å². The molecule has 1 aromatic rings. The van der Waals surface area contributed by atoms with Crippen molar-refractivity contribution in [2.75, 3.05) is 26.2 Å². The molecule has 6 nitrogen and oxygen atoms in total. The monoisotopic (exact) mass is 403 g/mol. The number of nitrogens with one attached hydrogen (secondary N) is 3. The number of sulfonamides is 1. The average molecular weight is 404 g/mol. The molecular weight excluding hydrogens is 374 g/mol. The Bertz CT molecular complexity index is 693. The van der Waals surface area contributed by atoms with Crippen LogP contribution in [0.25, 0.3) is 0 Å². The molecule has 1 saturated heterocycles. The fourth-order valence-electron chi connectivity index (χ4n) is 3.43. The van der Waals surface area contributed by atoms with Gasteiger partial charge in [0.15, 0.2) is 0 Å². The van der Waals surface area contributed by atoms with Crippen molar-refractivity contribution in [1.82, 2.24) is 15.4 Å². The highest BCUT2D eigenvalue weighted by atomic mass is 35.5. The van der Waals surface area contributed by atoms with Crippen LogP contribution >= 0.6 is 12.4 Å². The van der Waals surface area contributed by atoms with Crippen molar-refractivity contribution in [3.05, 3.63) is 28.8 Å². The van der Waals surface area contributed by atoms with Gasteiger partial charge in [0.25, 0.3) is 0 Å². The molecule has 1 fully saturated rings. The van der Waals surface area contributed by atoms with Gasteiger partial charge in [-0.05, 0) is 63.7 Å². The Kier molecular flexibility index (Phi) is 9.03. The van der Waals surface area contributed by atoms with E-state index in [1.807, 2.05) is 19.1 Å². The van der Waals surface area contributed by atoms with Gasteiger partial charge in [0.05, 0.1) is 4.90 Å². The van der Waals surface area contributed by atoms with E-state index in [1.54, 1.807) is 13.8 Å². The van der Waals surface area contributed by atoms with Crippen LogP contribution in [-0.2, 0) is 14.8 Å². The van der Waals surface area contributed by atoms with E-state index in [0.29, 0.717) is 17.4 Å². The molecule has 1 aliphatic heterocycles. The number of carbonyl (C=O) groups is 1. The Morgan fingerprint density at radius 1 is 1.19 bits per heavy atom. The lowest BCUT2D eigenvalue weighted by atomic mass is 10.1. The summed E-state index contributed by atoms with van der Waals surface area (Å²) in [6, 6.07) is 3.71. The minimum absolute atomic E-state index is 0. The summed E-state index contributed by atoms with van der Waals surface area (Å²) in [5, 5.41) is 6.16. The zero-order chi connectivity index (χ0) is 18.4. The molecule has 1 amide bonds. The third kappa shape index (κ3) is 6.54. The predicted molar refractivity (Wildman–Crippen MR) is 106 cm³/mol. The molecule has 3 N–H and O–H groups in total. The van der Waals surface area contributed by atoms with Gasteiger partial charge in [0, 0.05) is 19.5 Å². The lowest BCUT2D eigenvalue weighted by Crippen LogP contribution is -2.32. The Hall–Kier alpha value is -1.15. The van der Waals surface area contributed by atoms with Crippen molar-refractivity contribution in [1.29, 1.82) is 0 Å². The summed E-state index contributed by atoms with van der Waals surface area (Å²) >= 11 is 0. The maximum Gasteiger partial charge on any atom is 0.241 e. The van der Waals surface area contributed by atoms with E-state index in [0.717, 1.165) is 42.6 Å². The summed E-state index contributed by atoms with van der Waals surface area (Å²) in [5.74, 6) is 0.511. The Balaban J connectivity index is 0.00000338. The van der Waals surface area contributed by atoms with Crippen LogP contribution in [-0.4, -0.2) is 40.5 Å².